The molecule has 1 saturated carbocycles. The smallest absolute Gasteiger partial charge is 0.338 e. The van der Waals surface area contributed by atoms with Crippen molar-refractivity contribution in [3.05, 3.63) is 48.0 Å². The highest BCUT2D eigenvalue weighted by molar-refractivity contribution is 5.90. The van der Waals surface area contributed by atoms with Crippen molar-refractivity contribution in [1.29, 1.82) is 0 Å². The summed E-state index contributed by atoms with van der Waals surface area (Å²) in [6.07, 6.45) is 7.08. The zero-order chi connectivity index (χ0) is 19.2. The molecule has 4 atom stereocenters. The van der Waals surface area contributed by atoms with Crippen LogP contribution in [-0.2, 0) is 19.1 Å². The molecular weight excluding hydrogens is 344 g/mol. The highest BCUT2D eigenvalue weighted by Crippen LogP contribution is 2.43. The van der Waals surface area contributed by atoms with Gasteiger partial charge in [0.1, 0.15) is 12.2 Å². The molecule has 1 aromatic carbocycles. The summed E-state index contributed by atoms with van der Waals surface area (Å²) >= 11 is 0. The Bertz CT molecular complexity index is 709. The van der Waals surface area contributed by atoms with Gasteiger partial charge in [-0.3, -0.25) is 9.59 Å². The molecule has 1 heterocycles. The maximum atomic E-state index is 12.4. The number of ketones is 1. The summed E-state index contributed by atoms with van der Waals surface area (Å²) in [5.74, 6) is -0.745. The highest BCUT2D eigenvalue weighted by atomic mass is 16.6. The van der Waals surface area contributed by atoms with E-state index in [1.165, 1.54) is 0 Å². The minimum Gasteiger partial charge on any atom is -0.462 e. The maximum Gasteiger partial charge on any atom is 0.338 e. The molecule has 0 aromatic heterocycles. The number of carbonyl (C=O) groups excluding carboxylic acids is 3. The molecule has 0 radical (unpaired) electrons. The van der Waals surface area contributed by atoms with Crippen molar-refractivity contribution < 1.29 is 23.9 Å². The number of hydrogen-bond acceptors (Lipinski definition) is 5. The summed E-state index contributed by atoms with van der Waals surface area (Å²) < 4.78 is 11.1. The molecule has 2 aliphatic rings. The number of esters is 2. The Morgan fingerprint density at radius 3 is 2.74 bits per heavy atom. The molecule has 0 unspecified atom stereocenters. The number of rotatable bonds is 8. The number of benzene rings is 1. The van der Waals surface area contributed by atoms with Crippen molar-refractivity contribution >= 4 is 17.7 Å². The summed E-state index contributed by atoms with van der Waals surface area (Å²) in [6.45, 7) is 2.10. The van der Waals surface area contributed by atoms with Gasteiger partial charge in [0.15, 0.2) is 5.78 Å². The van der Waals surface area contributed by atoms with Crippen molar-refractivity contribution in [3.63, 3.8) is 0 Å². The Labute approximate surface area is 159 Å². The van der Waals surface area contributed by atoms with E-state index in [2.05, 4.69) is 6.92 Å². The number of unbranched alkanes of at least 4 members (excludes halogenated alkanes) is 2. The molecule has 0 spiro atoms. The van der Waals surface area contributed by atoms with Crippen molar-refractivity contribution in [1.82, 2.24) is 0 Å². The van der Waals surface area contributed by atoms with Crippen LogP contribution in [0.25, 0.3) is 0 Å². The lowest BCUT2D eigenvalue weighted by atomic mass is 9.91. The number of carbonyl (C=O) groups is 3. The molecule has 1 saturated heterocycles. The Morgan fingerprint density at radius 2 is 2.00 bits per heavy atom. The number of allylic oxidation sites excluding steroid dienone is 1. The summed E-state index contributed by atoms with van der Waals surface area (Å²) in [6, 6.07) is 8.83. The molecule has 144 valence electrons. The second kappa shape index (κ2) is 8.98. The summed E-state index contributed by atoms with van der Waals surface area (Å²) in [5, 5.41) is 0. The molecule has 5 nitrogen and oxygen atoms in total. The molecule has 1 aromatic rings. The van der Waals surface area contributed by atoms with E-state index in [0.29, 0.717) is 24.8 Å². The van der Waals surface area contributed by atoms with Crippen molar-refractivity contribution in [2.45, 2.75) is 57.7 Å². The Hall–Kier alpha value is -2.43. The molecule has 3 rings (SSSR count). The average molecular weight is 370 g/mol. The number of hydrogen-bond donors (Lipinski definition) is 0. The highest BCUT2D eigenvalue weighted by Gasteiger charge is 2.50. The zero-order valence-electron chi connectivity index (χ0n) is 15.6. The Kier molecular flexibility index (Phi) is 6.43. The van der Waals surface area contributed by atoms with Crippen LogP contribution in [-0.4, -0.2) is 29.9 Å². The molecule has 5 heteroatoms. The van der Waals surface area contributed by atoms with E-state index in [1.54, 1.807) is 30.3 Å². The van der Waals surface area contributed by atoms with Crippen LogP contribution < -0.4 is 0 Å². The fourth-order valence-corrected chi connectivity index (χ4v) is 3.92. The van der Waals surface area contributed by atoms with E-state index in [4.69, 9.17) is 9.47 Å². The van der Waals surface area contributed by atoms with E-state index in [9.17, 15) is 14.4 Å². The van der Waals surface area contributed by atoms with Crippen LogP contribution in [0.5, 0.6) is 0 Å². The van der Waals surface area contributed by atoms with Crippen molar-refractivity contribution in [2.75, 3.05) is 0 Å². The predicted octanol–water partition coefficient (Wildman–Crippen LogP) is 3.87. The van der Waals surface area contributed by atoms with Crippen LogP contribution in [0.4, 0.5) is 0 Å². The van der Waals surface area contributed by atoms with Gasteiger partial charge in [-0.05, 0) is 24.6 Å². The van der Waals surface area contributed by atoms with Crippen molar-refractivity contribution in [3.8, 4) is 0 Å². The van der Waals surface area contributed by atoms with Gasteiger partial charge >= 0.3 is 11.9 Å². The molecule has 0 N–H and O–H groups in total. The van der Waals surface area contributed by atoms with Crippen LogP contribution in [0, 0.1) is 11.8 Å². The first-order valence-corrected chi connectivity index (χ1v) is 9.75. The second-order valence-electron chi connectivity index (χ2n) is 7.30. The minimum absolute atomic E-state index is 0.0363. The van der Waals surface area contributed by atoms with Crippen LogP contribution in [0.1, 0.15) is 55.8 Å². The van der Waals surface area contributed by atoms with E-state index in [1.807, 2.05) is 12.1 Å². The van der Waals surface area contributed by atoms with Crippen LogP contribution in [0.2, 0.25) is 0 Å². The monoisotopic (exact) mass is 370 g/mol. The van der Waals surface area contributed by atoms with Gasteiger partial charge in [0.2, 0.25) is 0 Å². The van der Waals surface area contributed by atoms with Crippen LogP contribution in [0.3, 0.4) is 0 Å². The third-order valence-corrected chi connectivity index (χ3v) is 5.35. The molecule has 0 amide bonds. The van der Waals surface area contributed by atoms with E-state index >= 15 is 0 Å². The van der Waals surface area contributed by atoms with E-state index < -0.39 is 0 Å². The van der Waals surface area contributed by atoms with Gasteiger partial charge in [-0.1, -0.05) is 44.0 Å². The molecule has 0 bridgehead atoms. The number of fused-ring (bicyclic) bond motifs is 1. The topological polar surface area (TPSA) is 69.7 Å². The lowest BCUT2D eigenvalue weighted by Gasteiger charge is -2.20. The summed E-state index contributed by atoms with van der Waals surface area (Å²) in [4.78, 5) is 36.2. The van der Waals surface area contributed by atoms with Crippen LogP contribution in [0.15, 0.2) is 42.5 Å². The average Bonchev–Trinajstić information content (AvgIpc) is 3.16. The third kappa shape index (κ3) is 4.85. The third-order valence-electron chi connectivity index (χ3n) is 5.35. The fraction of sp³-hybridized carbons (Fsp3) is 0.500. The van der Waals surface area contributed by atoms with Gasteiger partial charge in [-0.25, -0.2) is 4.79 Å². The first-order chi connectivity index (χ1) is 13.1. The first-order valence-electron chi connectivity index (χ1n) is 9.75. The SMILES string of the molecule is CCCCCC(=O)/C=C/[C@H]1[C@H]2CC(=O)O[C@@H]2C[C@H]1OC(=O)c1ccccc1. The standard InChI is InChI=1S/C22H26O5/c1-2-3-5-10-16(23)11-12-17-18-13-21(24)26-20(18)14-19(17)27-22(25)15-8-6-4-7-9-15/h4,6-9,11-12,17-20H,2-3,5,10,13-14H2,1H3/b12-11+/t17-,18+,19+,20+/m0/s1. The largest absolute Gasteiger partial charge is 0.462 e. The quantitative estimate of drug-likeness (QED) is 0.395. The lowest BCUT2D eigenvalue weighted by Crippen LogP contribution is -2.24. The van der Waals surface area contributed by atoms with Crippen molar-refractivity contribution in [2.24, 2.45) is 11.8 Å². The van der Waals surface area contributed by atoms with Gasteiger partial charge in [-0.15, -0.1) is 0 Å². The normalized spacial score (nSPS) is 26.8. The molecule has 2 fully saturated rings. The second-order valence-corrected chi connectivity index (χ2v) is 7.30. The molecule has 1 aliphatic carbocycles. The van der Waals surface area contributed by atoms with Gasteiger partial charge in [-0.2, -0.15) is 0 Å². The Morgan fingerprint density at radius 1 is 1.22 bits per heavy atom. The summed E-state index contributed by atoms with van der Waals surface area (Å²) in [7, 11) is 0. The zero-order valence-corrected chi connectivity index (χ0v) is 15.6. The first kappa shape index (κ1) is 19.3. The lowest BCUT2D eigenvalue weighted by molar-refractivity contribution is -0.141. The number of ether oxygens (including phenoxy) is 2. The minimum atomic E-state index is -0.389. The maximum absolute atomic E-state index is 12.4. The molecule has 1 aliphatic heterocycles. The summed E-state index contributed by atoms with van der Waals surface area (Å²) in [5.41, 5.74) is 0.491. The van der Waals surface area contributed by atoms with E-state index in [-0.39, 0.29) is 41.8 Å². The van der Waals surface area contributed by atoms with Gasteiger partial charge < -0.3 is 9.47 Å². The van der Waals surface area contributed by atoms with Crippen LogP contribution >= 0.6 is 0 Å². The fourth-order valence-electron chi connectivity index (χ4n) is 3.92. The van der Waals surface area contributed by atoms with E-state index in [0.717, 1.165) is 19.3 Å². The molecular formula is C22H26O5. The predicted molar refractivity (Wildman–Crippen MR) is 100 cm³/mol. The van der Waals surface area contributed by atoms with Gasteiger partial charge in [0.25, 0.3) is 0 Å². The van der Waals surface area contributed by atoms with Gasteiger partial charge in [0.05, 0.1) is 12.0 Å². The van der Waals surface area contributed by atoms with Gasteiger partial charge in [0, 0.05) is 24.7 Å². The Balaban J connectivity index is 1.67. The molecule has 27 heavy (non-hydrogen) atoms.